The SMILES string of the molecule is CCOc1ccc([C@@H]2C(C(=O)c3ccco3)=C(O)C(=O)N2CCOC)cc1OC. The Kier molecular flexibility index (Phi) is 6.23. The molecule has 1 N–H and O–H groups in total. The van der Waals surface area contributed by atoms with Crippen LogP contribution in [-0.4, -0.2) is 55.7 Å². The topological polar surface area (TPSA) is 98.4 Å². The van der Waals surface area contributed by atoms with Gasteiger partial charge in [0.1, 0.15) is 0 Å². The molecule has 0 spiro atoms. The number of carbonyl (C=O) groups is 2. The number of furan rings is 1. The van der Waals surface area contributed by atoms with E-state index in [4.69, 9.17) is 18.6 Å². The van der Waals surface area contributed by atoms with Gasteiger partial charge in [-0.15, -0.1) is 0 Å². The fourth-order valence-electron chi connectivity index (χ4n) is 3.32. The molecule has 1 amide bonds. The maximum Gasteiger partial charge on any atom is 0.290 e. The lowest BCUT2D eigenvalue weighted by Crippen LogP contribution is -2.34. The van der Waals surface area contributed by atoms with Crippen LogP contribution in [0.4, 0.5) is 0 Å². The minimum absolute atomic E-state index is 0.0378. The van der Waals surface area contributed by atoms with Gasteiger partial charge in [0.15, 0.2) is 23.0 Å². The van der Waals surface area contributed by atoms with E-state index in [1.165, 1.54) is 31.4 Å². The van der Waals surface area contributed by atoms with E-state index < -0.39 is 23.5 Å². The van der Waals surface area contributed by atoms with Crippen molar-refractivity contribution < 1.29 is 33.3 Å². The Morgan fingerprint density at radius 2 is 2.03 bits per heavy atom. The maximum absolute atomic E-state index is 13.0. The van der Waals surface area contributed by atoms with Crippen LogP contribution in [-0.2, 0) is 9.53 Å². The molecule has 0 bridgehead atoms. The first-order valence-electron chi connectivity index (χ1n) is 9.15. The molecule has 1 aliphatic rings. The van der Waals surface area contributed by atoms with E-state index in [2.05, 4.69) is 0 Å². The zero-order valence-corrected chi connectivity index (χ0v) is 16.5. The van der Waals surface area contributed by atoms with Crippen LogP contribution < -0.4 is 9.47 Å². The number of aliphatic hydroxyl groups is 1. The second kappa shape index (κ2) is 8.83. The third-order valence-electron chi connectivity index (χ3n) is 4.63. The second-order valence-electron chi connectivity index (χ2n) is 6.31. The van der Waals surface area contributed by atoms with Gasteiger partial charge in [-0.1, -0.05) is 6.07 Å². The molecule has 2 heterocycles. The average Bonchev–Trinajstić information content (AvgIpc) is 3.35. The van der Waals surface area contributed by atoms with Crippen molar-refractivity contribution in [1.82, 2.24) is 4.90 Å². The van der Waals surface area contributed by atoms with E-state index in [9.17, 15) is 14.7 Å². The molecule has 8 heteroatoms. The number of methoxy groups -OCH3 is 2. The molecule has 2 aromatic rings. The highest BCUT2D eigenvalue weighted by Gasteiger charge is 2.44. The summed E-state index contributed by atoms with van der Waals surface area (Å²) < 4.78 is 21.2. The molecule has 0 saturated carbocycles. The Morgan fingerprint density at radius 1 is 1.24 bits per heavy atom. The van der Waals surface area contributed by atoms with Gasteiger partial charge in [-0.05, 0) is 36.8 Å². The highest BCUT2D eigenvalue weighted by atomic mass is 16.5. The van der Waals surface area contributed by atoms with Gasteiger partial charge in [-0.2, -0.15) is 0 Å². The number of hydrogen-bond acceptors (Lipinski definition) is 7. The monoisotopic (exact) mass is 401 g/mol. The van der Waals surface area contributed by atoms with Gasteiger partial charge in [-0.25, -0.2) is 0 Å². The lowest BCUT2D eigenvalue weighted by Gasteiger charge is -2.27. The van der Waals surface area contributed by atoms with Gasteiger partial charge in [0.05, 0.1) is 38.2 Å². The lowest BCUT2D eigenvalue weighted by atomic mass is 9.94. The molecule has 3 rings (SSSR count). The molecule has 8 nitrogen and oxygen atoms in total. The van der Waals surface area contributed by atoms with Crippen molar-refractivity contribution >= 4 is 11.7 Å². The lowest BCUT2D eigenvalue weighted by molar-refractivity contribution is -0.130. The first-order valence-corrected chi connectivity index (χ1v) is 9.15. The number of aliphatic hydroxyl groups excluding tert-OH is 1. The normalized spacial score (nSPS) is 16.4. The highest BCUT2D eigenvalue weighted by molar-refractivity contribution is 6.15. The number of ether oxygens (including phenoxy) is 3. The molecule has 0 unspecified atom stereocenters. The van der Waals surface area contributed by atoms with Crippen LogP contribution >= 0.6 is 0 Å². The molecule has 1 aromatic carbocycles. The van der Waals surface area contributed by atoms with Crippen molar-refractivity contribution in [3.63, 3.8) is 0 Å². The van der Waals surface area contributed by atoms with Crippen LogP contribution in [0.5, 0.6) is 11.5 Å². The Labute approximate surface area is 168 Å². The van der Waals surface area contributed by atoms with E-state index in [0.29, 0.717) is 23.7 Å². The van der Waals surface area contributed by atoms with E-state index in [-0.39, 0.29) is 24.5 Å². The number of Topliss-reactive ketones (excluding diaryl/α,β-unsaturated/α-hetero) is 1. The van der Waals surface area contributed by atoms with Crippen LogP contribution in [0.15, 0.2) is 52.3 Å². The van der Waals surface area contributed by atoms with E-state index in [1.54, 1.807) is 24.3 Å². The summed E-state index contributed by atoms with van der Waals surface area (Å²) in [7, 11) is 3.02. The largest absolute Gasteiger partial charge is 0.503 e. The van der Waals surface area contributed by atoms with Crippen molar-refractivity contribution in [2.45, 2.75) is 13.0 Å². The standard InChI is InChI=1S/C21H23NO7/c1-4-28-14-8-7-13(12-16(14)27-3)18-17(19(23)15-6-5-10-29-15)20(24)21(25)22(18)9-11-26-2/h5-8,10,12,18,24H,4,9,11H2,1-3H3/t18-/m1/s1. The Bertz CT molecular complexity index is 917. The van der Waals surface area contributed by atoms with Crippen LogP contribution in [0.3, 0.4) is 0 Å². The second-order valence-corrected chi connectivity index (χ2v) is 6.31. The number of carbonyl (C=O) groups excluding carboxylic acids is 2. The Morgan fingerprint density at radius 3 is 2.66 bits per heavy atom. The third kappa shape index (κ3) is 3.84. The summed E-state index contributed by atoms with van der Waals surface area (Å²) >= 11 is 0. The summed E-state index contributed by atoms with van der Waals surface area (Å²) in [6.45, 7) is 2.75. The third-order valence-corrected chi connectivity index (χ3v) is 4.63. The molecule has 1 aliphatic heterocycles. The highest BCUT2D eigenvalue weighted by Crippen LogP contribution is 2.41. The van der Waals surface area contributed by atoms with Gasteiger partial charge in [0, 0.05) is 13.7 Å². The summed E-state index contributed by atoms with van der Waals surface area (Å²) in [5.41, 5.74) is 0.543. The number of ketones is 1. The van der Waals surface area contributed by atoms with E-state index >= 15 is 0 Å². The molecule has 1 atom stereocenters. The molecule has 0 saturated heterocycles. The van der Waals surface area contributed by atoms with Gasteiger partial charge >= 0.3 is 0 Å². The van der Waals surface area contributed by atoms with Gasteiger partial charge < -0.3 is 28.6 Å². The van der Waals surface area contributed by atoms with Crippen LogP contribution in [0.2, 0.25) is 0 Å². The molecule has 1 aromatic heterocycles. The molecular weight excluding hydrogens is 378 g/mol. The predicted octanol–water partition coefficient (Wildman–Crippen LogP) is 2.91. The van der Waals surface area contributed by atoms with Crippen LogP contribution in [0.25, 0.3) is 0 Å². The van der Waals surface area contributed by atoms with Crippen molar-refractivity contribution in [3.8, 4) is 11.5 Å². The van der Waals surface area contributed by atoms with Crippen molar-refractivity contribution in [3.05, 3.63) is 59.3 Å². The summed E-state index contributed by atoms with van der Waals surface area (Å²) in [6, 6.07) is 7.37. The molecule has 0 fully saturated rings. The first kappa shape index (κ1) is 20.5. The number of amides is 1. The quantitative estimate of drug-likeness (QED) is 0.645. The smallest absolute Gasteiger partial charge is 0.290 e. The molecular formula is C21H23NO7. The molecule has 29 heavy (non-hydrogen) atoms. The average molecular weight is 401 g/mol. The molecule has 154 valence electrons. The minimum Gasteiger partial charge on any atom is -0.503 e. The summed E-state index contributed by atoms with van der Waals surface area (Å²) in [6.07, 6.45) is 1.36. The predicted molar refractivity (Wildman–Crippen MR) is 103 cm³/mol. The number of benzene rings is 1. The van der Waals surface area contributed by atoms with Crippen molar-refractivity contribution in [2.24, 2.45) is 0 Å². The van der Waals surface area contributed by atoms with Crippen molar-refractivity contribution in [2.75, 3.05) is 34.0 Å². The summed E-state index contributed by atoms with van der Waals surface area (Å²) in [5.74, 6) is -0.761. The summed E-state index contributed by atoms with van der Waals surface area (Å²) in [4.78, 5) is 27.1. The van der Waals surface area contributed by atoms with Gasteiger partial charge in [0.25, 0.3) is 5.91 Å². The van der Waals surface area contributed by atoms with Gasteiger partial charge in [-0.3, -0.25) is 9.59 Å². The Hall–Kier alpha value is -3.26. The maximum atomic E-state index is 13.0. The van der Waals surface area contributed by atoms with Crippen LogP contribution in [0, 0.1) is 0 Å². The molecule has 0 radical (unpaired) electrons. The number of rotatable bonds is 9. The summed E-state index contributed by atoms with van der Waals surface area (Å²) in [5, 5.41) is 10.5. The fourth-order valence-corrected chi connectivity index (χ4v) is 3.32. The van der Waals surface area contributed by atoms with Crippen molar-refractivity contribution in [1.29, 1.82) is 0 Å². The van der Waals surface area contributed by atoms with E-state index in [1.807, 2.05) is 6.92 Å². The molecule has 0 aliphatic carbocycles. The first-order chi connectivity index (χ1) is 14.0. The zero-order valence-electron chi connectivity index (χ0n) is 16.5. The van der Waals surface area contributed by atoms with Crippen LogP contribution in [0.1, 0.15) is 29.1 Å². The zero-order chi connectivity index (χ0) is 21.0. The Balaban J connectivity index is 2.09. The van der Waals surface area contributed by atoms with Gasteiger partial charge in [0.2, 0.25) is 5.78 Å². The number of hydrogen-bond donors (Lipinski definition) is 1. The van der Waals surface area contributed by atoms with E-state index in [0.717, 1.165) is 0 Å². The fraction of sp³-hybridized carbons (Fsp3) is 0.333. The minimum atomic E-state index is -0.820. The number of nitrogens with zero attached hydrogens (tertiary/aromatic N) is 1.